The van der Waals surface area contributed by atoms with Gasteiger partial charge in [-0.15, -0.1) is 0 Å². The fourth-order valence-corrected chi connectivity index (χ4v) is 2.82. The van der Waals surface area contributed by atoms with Crippen LogP contribution in [-0.4, -0.2) is 45.0 Å². The number of nitrogens with one attached hydrogen (secondary N) is 2. The van der Waals surface area contributed by atoms with E-state index in [1.807, 2.05) is 12.1 Å². The van der Waals surface area contributed by atoms with E-state index < -0.39 is 0 Å². The number of carbonyl (C=O) groups is 2. The number of hydrogen-bond acceptors (Lipinski definition) is 4. The van der Waals surface area contributed by atoms with Crippen LogP contribution in [0, 0.1) is 0 Å². The molecule has 7 nitrogen and oxygen atoms in total. The van der Waals surface area contributed by atoms with Crippen LogP contribution in [0.1, 0.15) is 23.7 Å². The highest BCUT2D eigenvalue weighted by atomic mass is 16.2. The third-order valence-electron chi connectivity index (χ3n) is 3.87. The summed E-state index contributed by atoms with van der Waals surface area (Å²) < 4.78 is 0. The molecule has 1 aliphatic heterocycles. The lowest BCUT2D eigenvalue weighted by atomic mass is 10.0. The summed E-state index contributed by atoms with van der Waals surface area (Å²) in [7, 11) is 1.75. The Labute approximate surface area is 127 Å². The lowest BCUT2D eigenvalue weighted by Crippen LogP contribution is -2.39. The number of aromatic nitrogens is 3. The number of aromatic amines is 1. The molecule has 2 amide bonds. The van der Waals surface area contributed by atoms with Gasteiger partial charge in [-0.2, -0.15) is 5.10 Å². The summed E-state index contributed by atoms with van der Waals surface area (Å²) in [4.78, 5) is 29.9. The fourth-order valence-electron chi connectivity index (χ4n) is 2.82. The van der Waals surface area contributed by atoms with E-state index in [2.05, 4.69) is 20.5 Å². The number of rotatable bonds is 4. The lowest BCUT2D eigenvalue weighted by Gasteiger charge is -2.25. The molecule has 2 N–H and O–H groups in total. The highest BCUT2D eigenvalue weighted by molar-refractivity contribution is 5.83. The van der Waals surface area contributed by atoms with Crippen molar-refractivity contribution in [2.45, 2.75) is 24.9 Å². The largest absolute Gasteiger partial charge is 0.350 e. The van der Waals surface area contributed by atoms with Gasteiger partial charge in [0.05, 0.1) is 18.5 Å². The molecule has 114 valence electrons. The minimum atomic E-state index is -0.253. The molecular weight excluding hydrogens is 282 g/mol. The molecule has 0 aliphatic carbocycles. The van der Waals surface area contributed by atoms with Gasteiger partial charge in [-0.05, 0) is 17.7 Å². The molecular formula is C15H17N5O2. The molecule has 2 atom stereocenters. The number of carbonyl (C=O) groups excluding carboxylic acids is 2. The molecule has 22 heavy (non-hydrogen) atoms. The van der Waals surface area contributed by atoms with E-state index >= 15 is 0 Å². The first-order valence-corrected chi connectivity index (χ1v) is 7.08. The van der Waals surface area contributed by atoms with Crippen molar-refractivity contribution < 1.29 is 9.59 Å². The number of likely N-dealkylation sites (N-methyl/N-ethyl adjacent to an activating group) is 1. The number of pyridine rings is 1. The second-order valence-corrected chi connectivity index (χ2v) is 5.37. The van der Waals surface area contributed by atoms with Crippen LogP contribution in [0.25, 0.3) is 0 Å². The zero-order chi connectivity index (χ0) is 15.5. The molecule has 2 aromatic rings. The molecule has 0 radical (unpaired) electrons. The maximum Gasteiger partial charge on any atom is 0.226 e. The van der Waals surface area contributed by atoms with Crippen molar-refractivity contribution >= 4 is 11.8 Å². The minimum Gasteiger partial charge on any atom is -0.350 e. The third-order valence-corrected chi connectivity index (χ3v) is 3.87. The highest BCUT2D eigenvalue weighted by Gasteiger charge is 2.39. The Morgan fingerprint density at radius 1 is 1.45 bits per heavy atom. The molecule has 3 heterocycles. The van der Waals surface area contributed by atoms with E-state index in [0.29, 0.717) is 6.42 Å². The van der Waals surface area contributed by atoms with Crippen molar-refractivity contribution in [1.82, 2.24) is 25.4 Å². The summed E-state index contributed by atoms with van der Waals surface area (Å²) in [6, 6.07) is 5.06. The maximum atomic E-state index is 12.2. The normalized spacial score (nSPS) is 21.1. The molecule has 0 unspecified atom stereocenters. The quantitative estimate of drug-likeness (QED) is 0.857. The predicted molar refractivity (Wildman–Crippen MR) is 78.6 cm³/mol. The molecule has 2 aromatic heterocycles. The van der Waals surface area contributed by atoms with Crippen LogP contribution in [-0.2, 0) is 16.0 Å². The minimum absolute atomic E-state index is 0.0145. The van der Waals surface area contributed by atoms with Gasteiger partial charge in [0.1, 0.15) is 0 Å². The van der Waals surface area contributed by atoms with Gasteiger partial charge >= 0.3 is 0 Å². The van der Waals surface area contributed by atoms with Gasteiger partial charge in [-0.25, -0.2) is 0 Å². The average Bonchev–Trinajstić information content (AvgIpc) is 3.09. The summed E-state index contributed by atoms with van der Waals surface area (Å²) in [5.74, 6) is -0.119. The van der Waals surface area contributed by atoms with Crippen molar-refractivity contribution in [3.63, 3.8) is 0 Å². The van der Waals surface area contributed by atoms with E-state index in [9.17, 15) is 9.59 Å². The smallest absolute Gasteiger partial charge is 0.226 e. The van der Waals surface area contributed by atoms with Crippen LogP contribution < -0.4 is 5.32 Å². The Bertz CT molecular complexity index is 656. The zero-order valence-electron chi connectivity index (χ0n) is 12.2. The van der Waals surface area contributed by atoms with Crippen molar-refractivity contribution in [1.29, 1.82) is 0 Å². The fraction of sp³-hybridized carbons (Fsp3) is 0.333. The Morgan fingerprint density at radius 3 is 3.00 bits per heavy atom. The second-order valence-electron chi connectivity index (χ2n) is 5.37. The van der Waals surface area contributed by atoms with Gasteiger partial charge in [0.15, 0.2) is 0 Å². The van der Waals surface area contributed by atoms with Crippen LogP contribution in [0.3, 0.4) is 0 Å². The monoisotopic (exact) mass is 299 g/mol. The topological polar surface area (TPSA) is 91.0 Å². The summed E-state index contributed by atoms with van der Waals surface area (Å²) >= 11 is 0. The summed E-state index contributed by atoms with van der Waals surface area (Å²) in [5.41, 5.74) is 1.66. The Kier molecular flexibility index (Phi) is 3.86. The Hall–Kier alpha value is -2.70. The van der Waals surface area contributed by atoms with Gasteiger partial charge in [-0.3, -0.25) is 19.7 Å². The molecule has 7 heteroatoms. The van der Waals surface area contributed by atoms with Crippen LogP contribution in [0.2, 0.25) is 0 Å². The number of nitrogens with zero attached hydrogens (tertiary/aromatic N) is 3. The van der Waals surface area contributed by atoms with E-state index in [4.69, 9.17) is 0 Å². The first-order valence-electron chi connectivity index (χ1n) is 7.08. The van der Waals surface area contributed by atoms with Gasteiger partial charge in [0.2, 0.25) is 11.8 Å². The standard InChI is InChI=1S/C15H17N5O2/c1-20-14(22)8-12(15(20)10-3-2-5-16-9-10)18-13(21)7-11-4-6-17-19-11/h2-6,9,12,15H,7-8H2,1H3,(H,17,19)(H,18,21)/t12-,15+/m1/s1. The molecule has 0 spiro atoms. The van der Waals surface area contributed by atoms with Crippen LogP contribution in [0.15, 0.2) is 36.8 Å². The Balaban J connectivity index is 1.73. The predicted octanol–water partition coefficient (Wildman–Crippen LogP) is 0.435. The summed E-state index contributed by atoms with van der Waals surface area (Å²) in [6.45, 7) is 0. The third kappa shape index (κ3) is 2.83. The van der Waals surface area contributed by atoms with Gasteiger partial charge in [0, 0.05) is 37.8 Å². The van der Waals surface area contributed by atoms with Crippen LogP contribution >= 0.6 is 0 Å². The number of likely N-dealkylation sites (tertiary alicyclic amines) is 1. The van der Waals surface area contributed by atoms with Gasteiger partial charge in [-0.1, -0.05) is 6.07 Å². The number of H-pyrrole nitrogens is 1. The molecule has 0 bridgehead atoms. The maximum absolute atomic E-state index is 12.2. The molecule has 1 fully saturated rings. The molecule has 0 saturated carbocycles. The average molecular weight is 299 g/mol. The van der Waals surface area contributed by atoms with Crippen molar-refractivity contribution in [2.24, 2.45) is 0 Å². The SMILES string of the molecule is CN1C(=O)C[C@@H](NC(=O)Cc2ccn[nH]2)[C@@H]1c1cccnc1. The van der Waals surface area contributed by atoms with Gasteiger partial charge < -0.3 is 10.2 Å². The molecule has 3 rings (SSSR count). The number of amides is 2. The van der Waals surface area contributed by atoms with Crippen molar-refractivity contribution in [3.8, 4) is 0 Å². The Morgan fingerprint density at radius 2 is 2.32 bits per heavy atom. The zero-order valence-corrected chi connectivity index (χ0v) is 12.2. The lowest BCUT2D eigenvalue weighted by molar-refractivity contribution is -0.127. The van der Waals surface area contributed by atoms with E-state index in [1.165, 1.54) is 0 Å². The molecule has 0 aromatic carbocycles. The highest BCUT2D eigenvalue weighted by Crippen LogP contribution is 2.31. The first-order chi connectivity index (χ1) is 10.6. The van der Waals surface area contributed by atoms with Crippen molar-refractivity contribution in [3.05, 3.63) is 48.0 Å². The molecule has 1 aliphatic rings. The first kappa shape index (κ1) is 14.2. The van der Waals surface area contributed by atoms with E-state index in [-0.39, 0.29) is 30.3 Å². The van der Waals surface area contributed by atoms with Crippen molar-refractivity contribution in [2.75, 3.05) is 7.05 Å². The summed E-state index contributed by atoms with van der Waals surface area (Å²) in [5, 5.41) is 9.52. The van der Waals surface area contributed by atoms with Gasteiger partial charge in [0.25, 0.3) is 0 Å². The second kappa shape index (κ2) is 5.97. The molecule has 1 saturated heterocycles. The number of hydrogen-bond donors (Lipinski definition) is 2. The van der Waals surface area contributed by atoms with Crippen LogP contribution in [0.4, 0.5) is 0 Å². The summed E-state index contributed by atoms with van der Waals surface area (Å²) in [6.07, 6.45) is 5.53. The van der Waals surface area contributed by atoms with Crippen LogP contribution in [0.5, 0.6) is 0 Å². The van der Waals surface area contributed by atoms with E-state index in [0.717, 1.165) is 11.3 Å². The van der Waals surface area contributed by atoms with E-state index in [1.54, 1.807) is 36.6 Å².